The SMILES string of the molecule is Cc1ccc(CN(C(=O)CN(c2ccc(C)cc2)S(=O)(=O)c2ccc(Cl)cc2)C(C)C(=O)NC(C)C)cc1. The first kappa shape index (κ1) is 29.2. The van der Waals surface area contributed by atoms with Crippen LogP contribution in [-0.2, 0) is 26.2 Å². The van der Waals surface area contributed by atoms with Crippen LogP contribution in [-0.4, -0.2) is 43.8 Å². The van der Waals surface area contributed by atoms with Crippen LogP contribution >= 0.6 is 11.6 Å². The molecular weight excluding hydrogens is 522 g/mol. The molecule has 0 spiro atoms. The summed E-state index contributed by atoms with van der Waals surface area (Å²) in [5.41, 5.74) is 3.18. The number of benzene rings is 3. The van der Waals surface area contributed by atoms with Crippen LogP contribution in [0.2, 0.25) is 5.02 Å². The van der Waals surface area contributed by atoms with Gasteiger partial charge in [0, 0.05) is 17.6 Å². The Bertz CT molecular complexity index is 1360. The molecule has 1 unspecified atom stereocenters. The Morgan fingerprint density at radius 1 is 0.842 bits per heavy atom. The van der Waals surface area contributed by atoms with E-state index in [1.807, 2.05) is 52.0 Å². The fourth-order valence-electron chi connectivity index (χ4n) is 3.85. The summed E-state index contributed by atoms with van der Waals surface area (Å²) in [6, 6.07) is 19.4. The summed E-state index contributed by atoms with van der Waals surface area (Å²) in [6.07, 6.45) is 0. The van der Waals surface area contributed by atoms with Gasteiger partial charge in [0.05, 0.1) is 10.6 Å². The van der Waals surface area contributed by atoms with Crippen LogP contribution in [0, 0.1) is 13.8 Å². The smallest absolute Gasteiger partial charge is 0.264 e. The van der Waals surface area contributed by atoms with Gasteiger partial charge in [-0.05, 0) is 76.6 Å². The molecule has 3 rings (SSSR count). The molecule has 0 aromatic heterocycles. The average molecular weight is 556 g/mol. The summed E-state index contributed by atoms with van der Waals surface area (Å²) < 4.78 is 28.6. The molecule has 2 amide bonds. The van der Waals surface area contributed by atoms with Gasteiger partial charge in [0.1, 0.15) is 12.6 Å². The van der Waals surface area contributed by atoms with Crippen LogP contribution in [0.1, 0.15) is 37.5 Å². The molecule has 38 heavy (non-hydrogen) atoms. The Balaban J connectivity index is 2.02. The van der Waals surface area contributed by atoms with Crippen molar-refractivity contribution in [2.24, 2.45) is 0 Å². The number of anilines is 1. The number of amides is 2. The molecule has 0 aliphatic heterocycles. The van der Waals surface area contributed by atoms with E-state index in [4.69, 9.17) is 11.6 Å². The summed E-state index contributed by atoms with van der Waals surface area (Å²) in [7, 11) is -4.13. The Morgan fingerprint density at radius 3 is 1.89 bits per heavy atom. The lowest BCUT2D eigenvalue weighted by atomic mass is 10.1. The third-order valence-electron chi connectivity index (χ3n) is 6.07. The molecule has 3 aromatic rings. The highest BCUT2D eigenvalue weighted by Crippen LogP contribution is 2.26. The maximum atomic E-state index is 13.8. The van der Waals surface area contributed by atoms with Crippen LogP contribution in [0.4, 0.5) is 5.69 Å². The molecular formula is C29H34ClN3O4S. The third-order valence-corrected chi connectivity index (χ3v) is 8.11. The molecule has 202 valence electrons. The van der Waals surface area contributed by atoms with Gasteiger partial charge in [0.15, 0.2) is 0 Å². The molecule has 0 aliphatic carbocycles. The van der Waals surface area contributed by atoms with E-state index in [0.29, 0.717) is 10.7 Å². The van der Waals surface area contributed by atoms with Crippen molar-refractivity contribution >= 4 is 39.1 Å². The van der Waals surface area contributed by atoms with Crippen molar-refractivity contribution in [1.29, 1.82) is 0 Å². The maximum absolute atomic E-state index is 13.8. The fraction of sp³-hybridized carbons (Fsp3) is 0.310. The van der Waals surface area contributed by atoms with E-state index >= 15 is 0 Å². The standard InChI is InChI=1S/C29H34ClN3O4S/c1-20(2)31-29(35)23(5)32(18-24-10-6-21(3)7-11-24)28(34)19-33(26-14-8-22(4)9-15-26)38(36,37)27-16-12-25(30)13-17-27/h6-17,20,23H,18-19H2,1-5H3,(H,31,35). The second-order valence-electron chi connectivity index (χ2n) is 9.65. The zero-order valence-electron chi connectivity index (χ0n) is 22.3. The Kier molecular flexibility index (Phi) is 9.57. The number of hydrogen-bond donors (Lipinski definition) is 1. The zero-order chi connectivity index (χ0) is 28.0. The second kappa shape index (κ2) is 12.5. The lowest BCUT2D eigenvalue weighted by Gasteiger charge is -2.32. The van der Waals surface area contributed by atoms with E-state index in [9.17, 15) is 18.0 Å². The van der Waals surface area contributed by atoms with Crippen molar-refractivity contribution in [3.05, 3.63) is 94.5 Å². The minimum absolute atomic E-state index is 0.00552. The average Bonchev–Trinajstić information content (AvgIpc) is 2.87. The van der Waals surface area contributed by atoms with Gasteiger partial charge in [0.2, 0.25) is 11.8 Å². The van der Waals surface area contributed by atoms with Gasteiger partial charge in [0.25, 0.3) is 10.0 Å². The highest BCUT2D eigenvalue weighted by molar-refractivity contribution is 7.92. The molecule has 0 aliphatic rings. The number of halogens is 1. The molecule has 1 atom stereocenters. The summed E-state index contributed by atoms with van der Waals surface area (Å²) in [4.78, 5) is 28.2. The minimum Gasteiger partial charge on any atom is -0.352 e. The van der Waals surface area contributed by atoms with E-state index in [2.05, 4.69) is 5.32 Å². The Hall–Kier alpha value is -3.36. The summed E-state index contributed by atoms with van der Waals surface area (Å²) in [6.45, 7) is 8.85. The number of sulfonamides is 1. The van der Waals surface area contributed by atoms with E-state index in [1.165, 1.54) is 29.2 Å². The van der Waals surface area contributed by atoms with Gasteiger partial charge in [-0.15, -0.1) is 0 Å². The van der Waals surface area contributed by atoms with Crippen molar-refractivity contribution in [2.45, 2.75) is 58.1 Å². The predicted molar refractivity (Wildman–Crippen MR) is 152 cm³/mol. The monoisotopic (exact) mass is 555 g/mol. The summed E-state index contributed by atoms with van der Waals surface area (Å²) in [5, 5.41) is 3.25. The molecule has 0 saturated carbocycles. The van der Waals surface area contributed by atoms with Crippen molar-refractivity contribution < 1.29 is 18.0 Å². The quantitative estimate of drug-likeness (QED) is 0.377. The third kappa shape index (κ3) is 7.36. The first-order valence-electron chi connectivity index (χ1n) is 12.4. The number of aryl methyl sites for hydroxylation is 2. The Labute approximate surface area is 230 Å². The van der Waals surface area contributed by atoms with Crippen molar-refractivity contribution in [3.8, 4) is 0 Å². The fourth-order valence-corrected chi connectivity index (χ4v) is 5.39. The van der Waals surface area contributed by atoms with Gasteiger partial charge in [-0.1, -0.05) is 59.1 Å². The molecule has 0 heterocycles. The van der Waals surface area contributed by atoms with Crippen molar-refractivity contribution in [1.82, 2.24) is 10.2 Å². The Morgan fingerprint density at radius 2 is 1.37 bits per heavy atom. The van der Waals surface area contributed by atoms with Gasteiger partial charge in [-0.3, -0.25) is 13.9 Å². The van der Waals surface area contributed by atoms with Crippen LogP contribution in [0.5, 0.6) is 0 Å². The minimum atomic E-state index is -4.13. The normalized spacial score (nSPS) is 12.2. The second-order valence-corrected chi connectivity index (χ2v) is 11.9. The van der Waals surface area contributed by atoms with Gasteiger partial charge in [-0.2, -0.15) is 0 Å². The molecule has 0 saturated heterocycles. The van der Waals surface area contributed by atoms with Gasteiger partial charge >= 0.3 is 0 Å². The summed E-state index contributed by atoms with van der Waals surface area (Å²) >= 11 is 5.98. The van der Waals surface area contributed by atoms with Crippen LogP contribution in [0.15, 0.2) is 77.7 Å². The molecule has 0 bridgehead atoms. The van der Waals surface area contributed by atoms with Crippen LogP contribution in [0.25, 0.3) is 0 Å². The number of hydrogen-bond acceptors (Lipinski definition) is 4. The number of carbonyl (C=O) groups excluding carboxylic acids is 2. The molecule has 9 heteroatoms. The molecule has 7 nitrogen and oxygen atoms in total. The van der Waals surface area contributed by atoms with Crippen molar-refractivity contribution in [3.63, 3.8) is 0 Å². The number of nitrogens with zero attached hydrogens (tertiary/aromatic N) is 2. The van der Waals surface area contributed by atoms with Gasteiger partial charge < -0.3 is 10.2 Å². The molecule has 1 N–H and O–H groups in total. The lowest BCUT2D eigenvalue weighted by molar-refractivity contribution is -0.139. The number of rotatable bonds is 10. The molecule has 0 radical (unpaired) electrons. The van der Waals surface area contributed by atoms with Crippen LogP contribution < -0.4 is 9.62 Å². The van der Waals surface area contributed by atoms with E-state index in [1.54, 1.807) is 31.2 Å². The topological polar surface area (TPSA) is 86.8 Å². The zero-order valence-corrected chi connectivity index (χ0v) is 23.9. The van der Waals surface area contributed by atoms with E-state index in [-0.39, 0.29) is 23.4 Å². The number of carbonyl (C=O) groups is 2. The molecule has 0 fully saturated rings. The lowest BCUT2D eigenvalue weighted by Crippen LogP contribution is -2.52. The van der Waals surface area contributed by atoms with Gasteiger partial charge in [-0.25, -0.2) is 8.42 Å². The highest BCUT2D eigenvalue weighted by atomic mass is 35.5. The maximum Gasteiger partial charge on any atom is 0.264 e. The number of nitrogens with one attached hydrogen (secondary N) is 1. The van der Waals surface area contributed by atoms with Crippen LogP contribution in [0.3, 0.4) is 0 Å². The van der Waals surface area contributed by atoms with E-state index in [0.717, 1.165) is 21.0 Å². The largest absolute Gasteiger partial charge is 0.352 e. The van der Waals surface area contributed by atoms with Crippen molar-refractivity contribution in [2.75, 3.05) is 10.8 Å². The first-order valence-corrected chi connectivity index (χ1v) is 14.2. The summed E-state index contributed by atoms with van der Waals surface area (Å²) in [5.74, 6) is -0.821. The first-order chi connectivity index (χ1) is 17.9. The highest BCUT2D eigenvalue weighted by Gasteiger charge is 2.32. The van der Waals surface area contributed by atoms with E-state index < -0.39 is 28.5 Å². The predicted octanol–water partition coefficient (Wildman–Crippen LogP) is 5.09. The molecule has 3 aromatic carbocycles.